The molecule has 3 nitrogen and oxygen atoms in total. The highest BCUT2D eigenvalue weighted by molar-refractivity contribution is 5.52. The Kier molecular flexibility index (Phi) is 2.58. The predicted octanol–water partition coefficient (Wildman–Crippen LogP) is 1.09. The maximum absolute atomic E-state index is 3.48. The molecule has 1 aromatic carbocycles. The number of hydrogen-bond acceptors (Lipinski definition) is 3. The first-order chi connectivity index (χ1) is 7.83. The van der Waals surface area contributed by atoms with Gasteiger partial charge in [0.2, 0.25) is 0 Å². The monoisotopic (exact) mass is 217 g/mol. The number of nitrogens with zero attached hydrogens (tertiary/aromatic N) is 1. The lowest BCUT2D eigenvalue weighted by Crippen LogP contribution is -2.49. The van der Waals surface area contributed by atoms with E-state index < -0.39 is 0 Å². The van der Waals surface area contributed by atoms with Crippen molar-refractivity contribution in [3.63, 3.8) is 0 Å². The number of anilines is 1. The molecule has 2 aliphatic heterocycles. The molecule has 0 radical (unpaired) electrons. The van der Waals surface area contributed by atoms with Crippen LogP contribution in [0.1, 0.15) is 18.1 Å². The van der Waals surface area contributed by atoms with Gasteiger partial charge in [-0.1, -0.05) is 6.07 Å². The molecule has 16 heavy (non-hydrogen) atoms. The molecule has 3 heteroatoms. The van der Waals surface area contributed by atoms with E-state index in [-0.39, 0.29) is 0 Å². The highest BCUT2D eigenvalue weighted by Crippen LogP contribution is 2.23. The first-order valence-electron chi connectivity index (χ1n) is 6.14. The zero-order valence-electron chi connectivity index (χ0n) is 9.79. The molecule has 0 amide bonds. The van der Waals surface area contributed by atoms with Crippen molar-refractivity contribution in [1.82, 2.24) is 10.6 Å². The molecular formula is C13H19N3. The summed E-state index contributed by atoms with van der Waals surface area (Å²) < 4.78 is 0. The van der Waals surface area contributed by atoms with Crippen LogP contribution in [0.2, 0.25) is 0 Å². The van der Waals surface area contributed by atoms with Crippen molar-refractivity contribution in [3.8, 4) is 0 Å². The van der Waals surface area contributed by atoms with Gasteiger partial charge in [-0.2, -0.15) is 0 Å². The van der Waals surface area contributed by atoms with Crippen LogP contribution in [-0.2, 0) is 13.1 Å². The summed E-state index contributed by atoms with van der Waals surface area (Å²) in [6.45, 7) is 7.65. The lowest BCUT2D eigenvalue weighted by atomic mass is 10.1. The summed E-state index contributed by atoms with van der Waals surface area (Å²) in [5.41, 5.74) is 4.33. The van der Waals surface area contributed by atoms with E-state index in [1.54, 1.807) is 0 Å². The number of rotatable bonds is 1. The Morgan fingerprint density at radius 1 is 1.25 bits per heavy atom. The summed E-state index contributed by atoms with van der Waals surface area (Å²) in [5, 5.41) is 6.88. The quantitative estimate of drug-likeness (QED) is 0.737. The molecule has 1 aromatic rings. The molecule has 86 valence electrons. The van der Waals surface area contributed by atoms with Gasteiger partial charge in [-0.25, -0.2) is 0 Å². The smallest absolute Gasteiger partial charge is 0.0370 e. The number of benzene rings is 1. The molecule has 1 atom stereocenters. The summed E-state index contributed by atoms with van der Waals surface area (Å²) in [4.78, 5) is 2.49. The van der Waals surface area contributed by atoms with Crippen LogP contribution in [0.4, 0.5) is 5.69 Å². The SMILES string of the molecule is CC1CN(c2ccc3c(c2)CNC3)CCN1. The summed E-state index contributed by atoms with van der Waals surface area (Å²) >= 11 is 0. The standard InChI is InChI=1S/C13H19N3/c1-10-9-16(5-4-15-10)13-3-2-11-7-14-8-12(11)6-13/h2-3,6,10,14-15H,4-5,7-9H2,1H3. The Bertz CT molecular complexity index is 389. The number of nitrogens with one attached hydrogen (secondary N) is 2. The van der Waals surface area contributed by atoms with Crippen LogP contribution >= 0.6 is 0 Å². The number of hydrogen-bond donors (Lipinski definition) is 2. The van der Waals surface area contributed by atoms with Gasteiger partial charge in [0.15, 0.2) is 0 Å². The summed E-state index contributed by atoms with van der Waals surface area (Å²) in [5.74, 6) is 0. The summed E-state index contributed by atoms with van der Waals surface area (Å²) in [6, 6.07) is 7.49. The van der Waals surface area contributed by atoms with Gasteiger partial charge in [-0.15, -0.1) is 0 Å². The fourth-order valence-electron chi connectivity index (χ4n) is 2.64. The van der Waals surface area contributed by atoms with Gasteiger partial charge < -0.3 is 15.5 Å². The molecule has 0 aliphatic carbocycles. The van der Waals surface area contributed by atoms with Gasteiger partial charge in [-0.3, -0.25) is 0 Å². The third kappa shape index (κ3) is 1.81. The predicted molar refractivity (Wildman–Crippen MR) is 66.7 cm³/mol. The van der Waals surface area contributed by atoms with E-state index in [9.17, 15) is 0 Å². The molecule has 1 fully saturated rings. The highest BCUT2D eigenvalue weighted by Gasteiger charge is 2.17. The van der Waals surface area contributed by atoms with Crippen LogP contribution in [0.5, 0.6) is 0 Å². The van der Waals surface area contributed by atoms with Crippen LogP contribution in [0, 0.1) is 0 Å². The number of piperazine rings is 1. The Hall–Kier alpha value is -1.06. The lowest BCUT2D eigenvalue weighted by molar-refractivity contribution is 0.485. The first-order valence-corrected chi connectivity index (χ1v) is 6.14. The molecule has 0 bridgehead atoms. The van der Waals surface area contributed by atoms with Crippen LogP contribution in [0.15, 0.2) is 18.2 Å². The normalized spacial score (nSPS) is 24.6. The van der Waals surface area contributed by atoms with Crippen molar-refractivity contribution in [3.05, 3.63) is 29.3 Å². The average Bonchev–Trinajstić information content (AvgIpc) is 2.75. The largest absolute Gasteiger partial charge is 0.369 e. The van der Waals surface area contributed by atoms with Gasteiger partial charge in [0, 0.05) is 44.5 Å². The molecule has 2 N–H and O–H groups in total. The third-order valence-corrected chi connectivity index (χ3v) is 3.55. The Morgan fingerprint density at radius 3 is 3.00 bits per heavy atom. The minimum Gasteiger partial charge on any atom is -0.369 e. The Morgan fingerprint density at radius 2 is 2.12 bits per heavy atom. The van der Waals surface area contributed by atoms with Crippen LogP contribution < -0.4 is 15.5 Å². The maximum atomic E-state index is 3.48. The van der Waals surface area contributed by atoms with E-state index in [2.05, 4.69) is 40.7 Å². The molecule has 0 aromatic heterocycles. The Balaban J connectivity index is 1.83. The molecule has 3 rings (SSSR count). The van der Waals surface area contributed by atoms with Crippen LogP contribution in [0.3, 0.4) is 0 Å². The van der Waals surface area contributed by atoms with Crippen molar-refractivity contribution < 1.29 is 0 Å². The zero-order chi connectivity index (χ0) is 11.0. The number of fused-ring (bicyclic) bond motifs is 1. The third-order valence-electron chi connectivity index (χ3n) is 3.55. The second kappa shape index (κ2) is 4.07. The van der Waals surface area contributed by atoms with E-state index in [0.717, 1.165) is 32.7 Å². The minimum absolute atomic E-state index is 0.597. The topological polar surface area (TPSA) is 27.3 Å². The van der Waals surface area contributed by atoms with Crippen molar-refractivity contribution in [1.29, 1.82) is 0 Å². The van der Waals surface area contributed by atoms with E-state index in [4.69, 9.17) is 0 Å². The second-order valence-corrected chi connectivity index (χ2v) is 4.86. The summed E-state index contributed by atoms with van der Waals surface area (Å²) in [7, 11) is 0. The molecule has 2 heterocycles. The summed E-state index contributed by atoms with van der Waals surface area (Å²) in [6.07, 6.45) is 0. The molecule has 2 aliphatic rings. The van der Waals surface area contributed by atoms with Crippen molar-refractivity contribution >= 4 is 5.69 Å². The van der Waals surface area contributed by atoms with Crippen molar-refractivity contribution in [2.24, 2.45) is 0 Å². The second-order valence-electron chi connectivity index (χ2n) is 4.86. The molecule has 1 saturated heterocycles. The molecular weight excluding hydrogens is 198 g/mol. The van der Waals surface area contributed by atoms with Gasteiger partial charge >= 0.3 is 0 Å². The molecule has 0 saturated carbocycles. The zero-order valence-corrected chi connectivity index (χ0v) is 9.79. The van der Waals surface area contributed by atoms with Crippen LogP contribution in [-0.4, -0.2) is 25.7 Å². The average molecular weight is 217 g/mol. The van der Waals surface area contributed by atoms with E-state index in [1.165, 1.54) is 16.8 Å². The van der Waals surface area contributed by atoms with E-state index in [1.807, 2.05) is 0 Å². The fraction of sp³-hybridized carbons (Fsp3) is 0.538. The minimum atomic E-state index is 0.597. The Labute approximate surface area is 96.8 Å². The molecule has 1 unspecified atom stereocenters. The molecule has 0 spiro atoms. The van der Waals surface area contributed by atoms with Crippen LogP contribution in [0.25, 0.3) is 0 Å². The van der Waals surface area contributed by atoms with Crippen molar-refractivity contribution in [2.75, 3.05) is 24.5 Å². The van der Waals surface area contributed by atoms with E-state index in [0.29, 0.717) is 6.04 Å². The van der Waals surface area contributed by atoms with Crippen molar-refractivity contribution in [2.45, 2.75) is 26.1 Å². The fourth-order valence-corrected chi connectivity index (χ4v) is 2.64. The van der Waals surface area contributed by atoms with Gasteiger partial charge in [0.1, 0.15) is 0 Å². The maximum Gasteiger partial charge on any atom is 0.0370 e. The lowest BCUT2D eigenvalue weighted by Gasteiger charge is -2.33. The van der Waals surface area contributed by atoms with Gasteiger partial charge in [-0.05, 0) is 30.2 Å². The van der Waals surface area contributed by atoms with Gasteiger partial charge in [0.05, 0.1) is 0 Å². The van der Waals surface area contributed by atoms with E-state index >= 15 is 0 Å². The highest BCUT2D eigenvalue weighted by atomic mass is 15.2. The first kappa shape index (κ1) is 10.1. The van der Waals surface area contributed by atoms with Gasteiger partial charge in [0.25, 0.3) is 0 Å².